The molecular formula is C7H10N2O. The Morgan fingerprint density at radius 2 is 2.40 bits per heavy atom. The first-order valence-corrected chi connectivity index (χ1v) is 3.24. The number of nitrogens with zero attached hydrogens (tertiary/aromatic N) is 2. The van der Waals surface area contributed by atoms with Crippen molar-refractivity contribution in [2.45, 2.75) is 19.8 Å². The van der Waals surface area contributed by atoms with Crippen molar-refractivity contribution < 1.29 is 4.79 Å². The molecule has 0 heterocycles. The highest BCUT2D eigenvalue weighted by Gasteiger charge is 1.96. The molecule has 3 heteroatoms. The fraction of sp³-hybridized carbons (Fsp3) is 0.714. The van der Waals surface area contributed by atoms with Gasteiger partial charge in [-0.3, -0.25) is 0 Å². The van der Waals surface area contributed by atoms with Crippen molar-refractivity contribution >= 4 is 6.08 Å². The number of nitriles is 1. The Hall–Kier alpha value is -1.13. The topological polar surface area (TPSA) is 53.2 Å². The van der Waals surface area contributed by atoms with Crippen LogP contribution < -0.4 is 0 Å². The van der Waals surface area contributed by atoms with E-state index in [1.807, 2.05) is 6.92 Å². The molecule has 1 atom stereocenters. The molecule has 0 rings (SSSR count). The van der Waals surface area contributed by atoms with Gasteiger partial charge >= 0.3 is 0 Å². The first-order valence-electron chi connectivity index (χ1n) is 3.24. The highest BCUT2D eigenvalue weighted by molar-refractivity contribution is 5.32. The summed E-state index contributed by atoms with van der Waals surface area (Å²) in [4.78, 5) is 12.9. The smallest absolute Gasteiger partial charge is 0.211 e. The molecule has 0 saturated carbocycles. The van der Waals surface area contributed by atoms with E-state index in [1.54, 1.807) is 0 Å². The van der Waals surface area contributed by atoms with Gasteiger partial charge in [0.2, 0.25) is 6.08 Å². The average Bonchev–Trinajstić information content (AvgIpc) is 1.98. The second-order valence-corrected chi connectivity index (χ2v) is 2.15. The summed E-state index contributed by atoms with van der Waals surface area (Å²) in [5.74, 6) is 0.0712. The maximum atomic E-state index is 9.56. The van der Waals surface area contributed by atoms with E-state index in [4.69, 9.17) is 5.26 Å². The molecule has 0 fully saturated rings. The molecular weight excluding hydrogens is 128 g/mol. The third kappa shape index (κ3) is 5.02. The fourth-order valence-corrected chi connectivity index (χ4v) is 0.587. The van der Waals surface area contributed by atoms with Crippen molar-refractivity contribution in [3.63, 3.8) is 0 Å². The largest absolute Gasteiger partial charge is 0.234 e. The van der Waals surface area contributed by atoms with Gasteiger partial charge in [0.1, 0.15) is 0 Å². The first kappa shape index (κ1) is 8.87. The molecule has 1 unspecified atom stereocenters. The monoisotopic (exact) mass is 138 g/mol. The number of isocyanates is 1. The van der Waals surface area contributed by atoms with Gasteiger partial charge in [-0.25, -0.2) is 9.79 Å². The third-order valence-corrected chi connectivity index (χ3v) is 1.19. The molecule has 0 amide bonds. The Labute approximate surface area is 60.4 Å². The molecule has 10 heavy (non-hydrogen) atoms. The van der Waals surface area contributed by atoms with Crippen molar-refractivity contribution in [1.82, 2.24) is 0 Å². The van der Waals surface area contributed by atoms with Crippen LogP contribution in [0.4, 0.5) is 0 Å². The van der Waals surface area contributed by atoms with Gasteiger partial charge in [0.05, 0.1) is 12.6 Å². The Morgan fingerprint density at radius 1 is 1.70 bits per heavy atom. The summed E-state index contributed by atoms with van der Waals surface area (Å²) in [6.07, 6.45) is 3.05. The lowest BCUT2D eigenvalue weighted by atomic mass is 10.1. The Balaban J connectivity index is 3.21. The fourth-order valence-electron chi connectivity index (χ4n) is 0.587. The molecule has 0 spiro atoms. The number of rotatable bonds is 4. The van der Waals surface area contributed by atoms with Gasteiger partial charge in [-0.05, 0) is 19.8 Å². The summed E-state index contributed by atoms with van der Waals surface area (Å²) < 4.78 is 0. The maximum Gasteiger partial charge on any atom is 0.234 e. The average molecular weight is 138 g/mol. The molecule has 0 aliphatic rings. The summed E-state index contributed by atoms with van der Waals surface area (Å²) in [6, 6.07) is 2.10. The van der Waals surface area contributed by atoms with E-state index < -0.39 is 0 Å². The minimum absolute atomic E-state index is 0.0712. The Bertz CT molecular complexity index is 165. The lowest BCUT2D eigenvalue weighted by Crippen LogP contribution is -1.91. The van der Waals surface area contributed by atoms with Crippen molar-refractivity contribution in [3.05, 3.63) is 0 Å². The van der Waals surface area contributed by atoms with E-state index in [9.17, 15) is 4.79 Å². The number of hydrogen-bond donors (Lipinski definition) is 0. The lowest BCUT2D eigenvalue weighted by Gasteiger charge is -1.96. The van der Waals surface area contributed by atoms with E-state index in [0.717, 1.165) is 12.8 Å². The van der Waals surface area contributed by atoms with Gasteiger partial charge in [0.25, 0.3) is 0 Å². The molecule has 0 aromatic rings. The molecule has 0 radical (unpaired) electrons. The van der Waals surface area contributed by atoms with Gasteiger partial charge < -0.3 is 0 Å². The van der Waals surface area contributed by atoms with Crippen LogP contribution in [0.25, 0.3) is 0 Å². The molecule has 0 N–H and O–H groups in total. The van der Waals surface area contributed by atoms with Crippen LogP contribution in [0.15, 0.2) is 4.99 Å². The SMILES string of the molecule is CC(C#N)CCCN=C=O. The van der Waals surface area contributed by atoms with Crippen molar-refractivity contribution in [1.29, 1.82) is 5.26 Å². The van der Waals surface area contributed by atoms with Gasteiger partial charge in [0.15, 0.2) is 0 Å². The number of hydrogen-bond acceptors (Lipinski definition) is 3. The molecule has 54 valence electrons. The van der Waals surface area contributed by atoms with Gasteiger partial charge in [-0.2, -0.15) is 5.26 Å². The molecule has 3 nitrogen and oxygen atoms in total. The molecule has 0 aromatic heterocycles. The Kier molecular flexibility index (Phi) is 5.32. The van der Waals surface area contributed by atoms with Crippen molar-refractivity contribution in [3.8, 4) is 6.07 Å². The van der Waals surface area contributed by atoms with Gasteiger partial charge in [0, 0.05) is 5.92 Å². The summed E-state index contributed by atoms with van der Waals surface area (Å²) >= 11 is 0. The summed E-state index contributed by atoms with van der Waals surface area (Å²) in [5, 5.41) is 8.33. The minimum atomic E-state index is 0.0712. The van der Waals surface area contributed by atoms with E-state index in [0.29, 0.717) is 6.54 Å². The van der Waals surface area contributed by atoms with Crippen molar-refractivity contribution in [2.75, 3.05) is 6.54 Å². The highest BCUT2D eigenvalue weighted by Crippen LogP contribution is 2.02. The normalized spacial score (nSPS) is 11.2. The van der Waals surface area contributed by atoms with Crippen LogP contribution >= 0.6 is 0 Å². The highest BCUT2D eigenvalue weighted by atomic mass is 16.1. The Morgan fingerprint density at radius 3 is 2.90 bits per heavy atom. The van der Waals surface area contributed by atoms with Gasteiger partial charge in [-0.1, -0.05) is 0 Å². The standard InChI is InChI=1S/C7H10N2O/c1-7(5-8)3-2-4-9-6-10/h7H,2-4H2,1H3. The molecule has 0 saturated heterocycles. The zero-order chi connectivity index (χ0) is 7.82. The quantitative estimate of drug-likeness (QED) is 0.333. The minimum Gasteiger partial charge on any atom is -0.211 e. The predicted molar refractivity (Wildman–Crippen MR) is 37.0 cm³/mol. The maximum absolute atomic E-state index is 9.56. The zero-order valence-corrected chi connectivity index (χ0v) is 6.00. The van der Waals surface area contributed by atoms with E-state index in [-0.39, 0.29) is 5.92 Å². The van der Waals surface area contributed by atoms with Crippen LogP contribution in [0, 0.1) is 17.2 Å². The molecule has 0 aromatic carbocycles. The van der Waals surface area contributed by atoms with Crippen LogP contribution in [0.5, 0.6) is 0 Å². The summed E-state index contributed by atoms with van der Waals surface area (Å²) in [7, 11) is 0. The summed E-state index contributed by atoms with van der Waals surface area (Å²) in [5.41, 5.74) is 0. The second-order valence-electron chi connectivity index (χ2n) is 2.15. The van der Waals surface area contributed by atoms with Crippen LogP contribution in [-0.4, -0.2) is 12.6 Å². The molecule has 0 bridgehead atoms. The lowest BCUT2D eigenvalue weighted by molar-refractivity contribution is 0.559. The van der Waals surface area contributed by atoms with Crippen LogP contribution in [-0.2, 0) is 4.79 Å². The number of carbonyl (C=O) groups excluding carboxylic acids is 1. The summed E-state index contributed by atoms with van der Waals surface area (Å²) in [6.45, 7) is 2.35. The van der Waals surface area contributed by atoms with E-state index in [1.165, 1.54) is 6.08 Å². The first-order chi connectivity index (χ1) is 4.81. The third-order valence-electron chi connectivity index (χ3n) is 1.19. The van der Waals surface area contributed by atoms with Crippen molar-refractivity contribution in [2.24, 2.45) is 10.9 Å². The molecule has 0 aliphatic heterocycles. The van der Waals surface area contributed by atoms with Gasteiger partial charge in [-0.15, -0.1) is 0 Å². The second kappa shape index (κ2) is 6.00. The predicted octanol–water partition coefficient (Wildman–Crippen LogP) is 1.26. The number of aliphatic imine (C=N–C) groups is 1. The van der Waals surface area contributed by atoms with E-state index in [2.05, 4.69) is 11.1 Å². The molecule has 0 aliphatic carbocycles. The van der Waals surface area contributed by atoms with Crippen LogP contribution in [0.2, 0.25) is 0 Å². The van der Waals surface area contributed by atoms with Crippen LogP contribution in [0.3, 0.4) is 0 Å². The zero-order valence-electron chi connectivity index (χ0n) is 6.00. The van der Waals surface area contributed by atoms with E-state index >= 15 is 0 Å². The van der Waals surface area contributed by atoms with Crippen LogP contribution in [0.1, 0.15) is 19.8 Å².